The number of hydrogen-bond acceptors (Lipinski definition) is 3. The molecule has 5 heteroatoms. The molecule has 21 heavy (non-hydrogen) atoms. The maximum absolute atomic E-state index is 11.4. The van der Waals surface area contributed by atoms with Gasteiger partial charge in [-0.25, -0.2) is 0 Å². The van der Waals surface area contributed by atoms with Crippen molar-refractivity contribution < 1.29 is 4.79 Å². The molecule has 116 valence electrons. The van der Waals surface area contributed by atoms with Gasteiger partial charge in [0, 0.05) is 37.2 Å². The van der Waals surface area contributed by atoms with E-state index in [9.17, 15) is 4.79 Å². The summed E-state index contributed by atoms with van der Waals surface area (Å²) in [6, 6.07) is 7.04. The molecule has 1 saturated heterocycles. The van der Waals surface area contributed by atoms with Gasteiger partial charge in [-0.3, -0.25) is 9.69 Å². The molecule has 1 fully saturated rings. The fraction of sp³-hybridized carbons (Fsp3) is 0.562. The Labute approximate surface area is 135 Å². The van der Waals surface area contributed by atoms with E-state index in [4.69, 9.17) is 0 Å². The van der Waals surface area contributed by atoms with E-state index < -0.39 is 0 Å². The zero-order valence-corrected chi connectivity index (χ0v) is 14.4. The van der Waals surface area contributed by atoms with Gasteiger partial charge in [0.15, 0.2) is 0 Å². The van der Waals surface area contributed by atoms with Crippen molar-refractivity contribution in [1.29, 1.82) is 0 Å². The zero-order valence-electron chi connectivity index (χ0n) is 12.8. The lowest BCUT2D eigenvalue weighted by atomic mass is 10.0. The molecule has 2 rings (SSSR count). The number of benzene rings is 1. The number of nitrogens with one attached hydrogen (secondary N) is 2. The number of carbonyl (C=O) groups is 1. The summed E-state index contributed by atoms with van der Waals surface area (Å²) in [6.07, 6.45) is 2.21. The maximum Gasteiger partial charge on any atom is 0.233 e. The van der Waals surface area contributed by atoms with E-state index in [1.54, 1.807) is 7.05 Å². The van der Waals surface area contributed by atoms with Gasteiger partial charge in [-0.15, -0.1) is 0 Å². The Balaban J connectivity index is 1.73. The lowest BCUT2D eigenvalue weighted by molar-refractivity contribution is -0.122. The fourth-order valence-electron chi connectivity index (χ4n) is 2.66. The highest BCUT2D eigenvalue weighted by Crippen LogP contribution is 2.17. The average molecular weight is 354 g/mol. The number of halogens is 1. The fourth-order valence-corrected chi connectivity index (χ4v) is 2.90. The molecule has 1 amide bonds. The minimum Gasteiger partial charge on any atom is -0.358 e. The molecule has 1 aliphatic rings. The van der Waals surface area contributed by atoms with Gasteiger partial charge >= 0.3 is 0 Å². The number of nitrogens with zero attached hydrogens (tertiary/aromatic N) is 1. The largest absolute Gasteiger partial charge is 0.358 e. The van der Waals surface area contributed by atoms with Crippen LogP contribution in [0, 0.1) is 6.92 Å². The summed E-state index contributed by atoms with van der Waals surface area (Å²) < 4.78 is 1.16. The molecule has 0 aliphatic carbocycles. The van der Waals surface area contributed by atoms with Crippen molar-refractivity contribution in [2.75, 3.05) is 26.7 Å². The van der Waals surface area contributed by atoms with Crippen LogP contribution in [0.5, 0.6) is 0 Å². The molecule has 1 aromatic carbocycles. The van der Waals surface area contributed by atoms with Crippen LogP contribution in [0.4, 0.5) is 0 Å². The Kier molecular flexibility index (Phi) is 6.21. The first-order valence-corrected chi connectivity index (χ1v) is 8.29. The van der Waals surface area contributed by atoms with Crippen LogP contribution in [-0.2, 0) is 11.3 Å². The van der Waals surface area contributed by atoms with Crippen LogP contribution in [0.3, 0.4) is 0 Å². The SMILES string of the molecule is CNC(=O)CN1CCC(NCc2ccc(Br)c(C)c2)CC1. The second kappa shape index (κ2) is 7.92. The third-order valence-electron chi connectivity index (χ3n) is 4.05. The third kappa shape index (κ3) is 5.09. The normalized spacial score (nSPS) is 16.9. The topological polar surface area (TPSA) is 44.4 Å². The van der Waals surface area contributed by atoms with Gasteiger partial charge in [-0.1, -0.05) is 28.1 Å². The van der Waals surface area contributed by atoms with Gasteiger partial charge in [0.2, 0.25) is 5.91 Å². The lowest BCUT2D eigenvalue weighted by Gasteiger charge is -2.31. The minimum atomic E-state index is 0.103. The van der Waals surface area contributed by atoms with Gasteiger partial charge < -0.3 is 10.6 Å². The highest BCUT2D eigenvalue weighted by atomic mass is 79.9. The lowest BCUT2D eigenvalue weighted by Crippen LogP contribution is -2.45. The quantitative estimate of drug-likeness (QED) is 0.851. The minimum absolute atomic E-state index is 0.103. The molecule has 1 aromatic rings. The summed E-state index contributed by atoms with van der Waals surface area (Å²) in [6.45, 7) is 5.53. The van der Waals surface area contributed by atoms with Crippen LogP contribution in [0.15, 0.2) is 22.7 Å². The Bertz CT molecular complexity index is 484. The molecule has 1 aliphatic heterocycles. The third-order valence-corrected chi connectivity index (χ3v) is 4.94. The van der Waals surface area contributed by atoms with Crippen LogP contribution in [0.2, 0.25) is 0 Å². The summed E-state index contributed by atoms with van der Waals surface area (Å²) in [7, 11) is 1.69. The van der Waals surface area contributed by atoms with E-state index in [2.05, 4.69) is 56.6 Å². The monoisotopic (exact) mass is 353 g/mol. The first kappa shape index (κ1) is 16.5. The van der Waals surface area contributed by atoms with Crippen molar-refractivity contribution in [2.45, 2.75) is 32.4 Å². The molecular formula is C16H24BrN3O. The van der Waals surface area contributed by atoms with E-state index in [0.717, 1.165) is 36.9 Å². The number of piperidine rings is 1. The van der Waals surface area contributed by atoms with Crippen LogP contribution in [0.1, 0.15) is 24.0 Å². The van der Waals surface area contributed by atoms with Gasteiger partial charge in [-0.2, -0.15) is 0 Å². The number of carbonyl (C=O) groups excluding carboxylic acids is 1. The summed E-state index contributed by atoms with van der Waals surface area (Å²) in [4.78, 5) is 13.6. The maximum atomic E-state index is 11.4. The second-order valence-corrected chi connectivity index (χ2v) is 6.54. The summed E-state index contributed by atoms with van der Waals surface area (Å²) in [5.74, 6) is 0.103. The van der Waals surface area contributed by atoms with Crippen molar-refractivity contribution in [1.82, 2.24) is 15.5 Å². The predicted molar refractivity (Wildman–Crippen MR) is 89.2 cm³/mol. The Hall–Kier alpha value is -0.910. The predicted octanol–water partition coefficient (Wildman–Crippen LogP) is 2.06. The van der Waals surface area contributed by atoms with Gasteiger partial charge in [0.05, 0.1) is 6.54 Å². The number of likely N-dealkylation sites (tertiary alicyclic amines) is 1. The average Bonchev–Trinajstić information content (AvgIpc) is 2.50. The smallest absolute Gasteiger partial charge is 0.233 e. The van der Waals surface area contributed by atoms with Crippen molar-refractivity contribution in [3.05, 3.63) is 33.8 Å². The molecule has 0 atom stereocenters. The highest BCUT2D eigenvalue weighted by molar-refractivity contribution is 9.10. The van der Waals surface area contributed by atoms with Crippen molar-refractivity contribution in [3.63, 3.8) is 0 Å². The highest BCUT2D eigenvalue weighted by Gasteiger charge is 2.19. The van der Waals surface area contributed by atoms with Gasteiger partial charge in [0.1, 0.15) is 0 Å². The number of amides is 1. The molecule has 0 spiro atoms. The molecule has 0 unspecified atom stereocenters. The second-order valence-electron chi connectivity index (χ2n) is 5.69. The van der Waals surface area contributed by atoms with E-state index in [1.807, 2.05) is 0 Å². The molecule has 0 aromatic heterocycles. The number of rotatable bonds is 5. The Morgan fingerprint density at radius 2 is 2.10 bits per heavy atom. The molecule has 2 N–H and O–H groups in total. The first-order chi connectivity index (χ1) is 10.1. The molecular weight excluding hydrogens is 330 g/mol. The molecule has 0 bridgehead atoms. The standard InChI is InChI=1S/C16H24BrN3O/c1-12-9-13(3-4-15(12)17)10-19-14-5-7-20(8-6-14)11-16(21)18-2/h3-4,9,14,19H,5-8,10-11H2,1-2H3,(H,18,21). The van der Waals surface area contributed by atoms with Crippen LogP contribution in [-0.4, -0.2) is 43.5 Å². The Morgan fingerprint density at radius 3 is 2.71 bits per heavy atom. The van der Waals surface area contributed by atoms with Crippen LogP contribution >= 0.6 is 15.9 Å². The van der Waals surface area contributed by atoms with Gasteiger partial charge in [0.25, 0.3) is 0 Å². The number of likely N-dealkylation sites (N-methyl/N-ethyl adjacent to an activating group) is 1. The van der Waals surface area contributed by atoms with Crippen molar-refractivity contribution in [2.24, 2.45) is 0 Å². The Morgan fingerprint density at radius 1 is 1.38 bits per heavy atom. The van der Waals surface area contributed by atoms with Crippen molar-refractivity contribution in [3.8, 4) is 0 Å². The molecule has 0 saturated carbocycles. The summed E-state index contributed by atoms with van der Waals surface area (Å²) in [5.41, 5.74) is 2.60. The summed E-state index contributed by atoms with van der Waals surface area (Å²) >= 11 is 3.53. The van der Waals surface area contributed by atoms with Crippen LogP contribution < -0.4 is 10.6 Å². The van der Waals surface area contributed by atoms with E-state index in [1.165, 1.54) is 11.1 Å². The van der Waals surface area contributed by atoms with E-state index >= 15 is 0 Å². The number of hydrogen-bond donors (Lipinski definition) is 2. The molecule has 0 radical (unpaired) electrons. The zero-order chi connectivity index (χ0) is 15.2. The number of aryl methyl sites for hydroxylation is 1. The first-order valence-electron chi connectivity index (χ1n) is 7.50. The summed E-state index contributed by atoms with van der Waals surface area (Å²) in [5, 5.41) is 6.31. The molecule has 4 nitrogen and oxygen atoms in total. The van der Waals surface area contributed by atoms with Crippen LogP contribution in [0.25, 0.3) is 0 Å². The van der Waals surface area contributed by atoms with E-state index in [0.29, 0.717) is 12.6 Å². The van der Waals surface area contributed by atoms with E-state index in [-0.39, 0.29) is 5.91 Å². The molecule has 1 heterocycles. The van der Waals surface area contributed by atoms with Gasteiger partial charge in [-0.05, 0) is 37.0 Å². The van der Waals surface area contributed by atoms with Crippen molar-refractivity contribution >= 4 is 21.8 Å².